The normalized spacial score (nSPS) is 18.4. The van der Waals surface area contributed by atoms with Gasteiger partial charge in [-0.3, -0.25) is 14.8 Å². The van der Waals surface area contributed by atoms with E-state index in [-0.39, 0.29) is 52.7 Å². The third-order valence-electron chi connectivity index (χ3n) is 9.08. The number of benzene rings is 2. The fraction of sp³-hybridized carbons (Fsp3) is 0.432. The van der Waals surface area contributed by atoms with E-state index in [0.717, 1.165) is 41.6 Å². The number of carbonyl (C=O) groups is 1. The van der Waals surface area contributed by atoms with Crippen LogP contribution in [0.15, 0.2) is 65.8 Å². The summed E-state index contributed by atoms with van der Waals surface area (Å²) in [5.41, 5.74) is 5.10. The van der Waals surface area contributed by atoms with Crippen molar-refractivity contribution in [2.45, 2.75) is 83.7 Å². The maximum absolute atomic E-state index is 14.5. The Morgan fingerprint density at radius 1 is 0.959 bits per heavy atom. The van der Waals surface area contributed by atoms with Crippen LogP contribution in [0.5, 0.6) is 5.88 Å². The summed E-state index contributed by atoms with van der Waals surface area (Å²) in [4.78, 5) is 34.8. The van der Waals surface area contributed by atoms with Gasteiger partial charge < -0.3 is 14.4 Å². The molecule has 49 heavy (non-hydrogen) atoms. The van der Waals surface area contributed by atoms with Gasteiger partial charge in [0.05, 0.1) is 40.8 Å². The summed E-state index contributed by atoms with van der Waals surface area (Å²) in [5.74, 6) is -0.00860. The van der Waals surface area contributed by atoms with Crippen molar-refractivity contribution in [1.82, 2.24) is 24.8 Å². The third-order valence-corrected chi connectivity index (χ3v) is 10.4. The highest BCUT2D eigenvalue weighted by molar-refractivity contribution is 7.92. The van der Waals surface area contributed by atoms with Crippen molar-refractivity contribution in [1.29, 1.82) is 0 Å². The van der Waals surface area contributed by atoms with Gasteiger partial charge in [0.2, 0.25) is 11.8 Å². The molecule has 2 aromatic heterocycles. The summed E-state index contributed by atoms with van der Waals surface area (Å²) in [6.07, 6.45) is 6.64. The summed E-state index contributed by atoms with van der Waals surface area (Å²) in [6.45, 7) is 12.1. The molecular weight excluding hydrogens is 641 g/mol. The van der Waals surface area contributed by atoms with Crippen LogP contribution in [0, 0.1) is 19.3 Å². The molecule has 4 aromatic rings. The van der Waals surface area contributed by atoms with Crippen molar-refractivity contribution >= 4 is 21.9 Å². The van der Waals surface area contributed by atoms with Crippen LogP contribution in [-0.4, -0.2) is 65.0 Å². The highest BCUT2D eigenvalue weighted by Crippen LogP contribution is 2.32. The van der Waals surface area contributed by atoms with E-state index in [1.54, 1.807) is 35.5 Å². The maximum Gasteiger partial charge on any atom is 0.264 e. The first-order valence-corrected chi connectivity index (χ1v) is 18.3. The average Bonchev–Trinajstić information content (AvgIpc) is 3.07. The summed E-state index contributed by atoms with van der Waals surface area (Å²) in [7, 11) is -4.17. The molecule has 1 amide bonds. The van der Waals surface area contributed by atoms with Crippen LogP contribution in [0.3, 0.4) is 0 Å². The number of hydrogen-bond acceptors (Lipinski definition) is 9. The number of carbonyl (C=O) groups excluding carboxylic acids is 1. The molecule has 0 unspecified atom stereocenters. The van der Waals surface area contributed by atoms with Crippen LogP contribution in [0.2, 0.25) is 0 Å². The molecule has 0 aliphatic carbocycles. The Kier molecular flexibility index (Phi) is 9.99. The molecule has 4 heterocycles. The van der Waals surface area contributed by atoms with Crippen molar-refractivity contribution < 1.29 is 22.7 Å². The van der Waals surface area contributed by atoms with Gasteiger partial charge in [-0.2, -0.15) is 4.98 Å². The molecule has 0 radical (unpaired) electrons. The van der Waals surface area contributed by atoms with Gasteiger partial charge >= 0.3 is 0 Å². The van der Waals surface area contributed by atoms with E-state index >= 15 is 0 Å². The average molecular weight is 685 g/mol. The Hall–Kier alpha value is -4.42. The van der Waals surface area contributed by atoms with Gasteiger partial charge in [-0.1, -0.05) is 45.0 Å². The summed E-state index contributed by atoms with van der Waals surface area (Å²) < 4.78 is 41.9. The Bertz CT molecular complexity index is 1920. The number of nitrogens with one attached hydrogen (secondary N) is 1. The summed E-state index contributed by atoms with van der Waals surface area (Å²) >= 11 is 0. The third kappa shape index (κ3) is 8.25. The van der Waals surface area contributed by atoms with Gasteiger partial charge in [0.25, 0.3) is 15.9 Å². The number of aryl methyl sites for hydroxylation is 2. The molecule has 12 heteroatoms. The molecule has 2 aromatic carbocycles. The first-order chi connectivity index (χ1) is 23.4. The fourth-order valence-electron chi connectivity index (χ4n) is 6.37. The lowest BCUT2D eigenvalue weighted by Crippen LogP contribution is -2.44. The highest BCUT2D eigenvalue weighted by atomic mass is 32.2. The smallest absolute Gasteiger partial charge is 0.264 e. The monoisotopic (exact) mass is 684 g/mol. The van der Waals surface area contributed by atoms with E-state index in [0.29, 0.717) is 31.0 Å². The van der Waals surface area contributed by atoms with Crippen LogP contribution in [0.25, 0.3) is 11.3 Å². The van der Waals surface area contributed by atoms with Crippen LogP contribution >= 0.6 is 0 Å². The second kappa shape index (κ2) is 14.2. The van der Waals surface area contributed by atoms with E-state index in [9.17, 15) is 13.2 Å². The molecule has 2 aliphatic rings. The zero-order chi connectivity index (χ0) is 34.8. The predicted octanol–water partition coefficient (Wildman–Crippen LogP) is 6.47. The second-order valence-corrected chi connectivity index (χ2v) is 15.8. The van der Waals surface area contributed by atoms with E-state index in [4.69, 9.17) is 14.5 Å². The Balaban J connectivity index is 1.45. The molecule has 1 saturated heterocycles. The molecular formula is C37H44N6O5S. The minimum absolute atomic E-state index is 0.0196. The summed E-state index contributed by atoms with van der Waals surface area (Å²) in [5, 5.41) is 0. The number of hydrogen-bond donors (Lipinski definition) is 1. The van der Waals surface area contributed by atoms with Crippen LogP contribution < -0.4 is 9.46 Å². The number of rotatable bonds is 6. The largest absolute Gasteiger partial charge is 0.475 e. The van der Waals surface area contributed by atoms with E-state index < -0.39 is 16.1 Å². The molecule has 11 nitrogen and oxygen atoms in total. The first-order valence-electron chi connectivity index (χ1n) is 16.8. The lowest BCUT2D eigenvalue weighted by atomic mass is 9.88. The molecule has 0 saturated carbocycles. The van der Waals surface area contributed by atoms with Gasteiger partial charge in [-0.05, 0) is 74.3 Å². The molecule has 0 spiro atoms. The molecule has 1 N–H and O–H groups in total. The molecule has 2 aliphatic heterocycles. The number of fused-ring (bicyclic) bond motifs is 4. The molecule has 258 valence electrons. The van der Waals surface area contributed by atoms with Crippen molar-refractivity contribution in [2.24, 2.45) is 5.41 Å². The van der Waals surface area contributed by atoms with E-state index in [1.165, 1.54) is 12.1 Å². The number of sulfonamides is 1. The number of nitrogens with zero attached hydrogens (tertiary/aromatic N) is 5. The lowest BCUT2D eigenvalue weighted by molar-refractivity contribution is 0.0549. The molecule has 4 bridgehead atoms. The van der Waals surface area contributed by atoms with Gasteiger partial charge in [0, 0.05) is 42.5 Å². The van der Waals surface area contributed by atoms with Crippen LogP contribution in [-0.2, 0) is 21.3 Å². The standard InChI is InChI=1S/C37H44N6O5S/c1-24-8-6-9-25(2)34(24)31-19-33-41-36(40-31)42-49(45,46)30-11-7-10-27(18-30)35(44)43(29(23-48-33)12-15-37(3,4)5)22-28-20-38-21-32(39-28)26-13-16-47-17-14-26/h6-11,18-21,26,29H,12-17,22-23H2,1-5H3,(H,40,41,42)/t29-/m1/s1. The minimum Gasteiger partial charge on any atom is -0.475 e. The molecule has 1 fully saturated rings. The van der Waals surface area contributed by atoms with Crippen molar-refractivity contribution in [3.63, 3.8) is 0 Å². The zero-order valence-electron chi connectivity index (χ0n) is 28.8. The number of ether oxygens (including phenoxy) is 2. The lowest BCUT2D eigenvalue weighted by Gasteiger charge is -2.33. The fourth-order valence-corrected chi connectivity index (χ4v) is 7.36. The van der Waals surface area contributed by atoms with Gasteiger partial charge in [-0.15, -0.1) is 0 Å². The van der Waals surface area contributed by atoms with E-state index in [2.05, 4.69) is 40.4 Å². The van der Waals surface area contributed by atoms with Gasteiger partial charge in [0.15, 0.2) is 0 Å². The predicted molar refractivity (Wildman–Crippen MR) is 187 cm³/mol. The van der Waals surface area contributed by atoms with E-state index in [1.807, 2.05) is 32.0 Å². The van der Waals surface area contributed by atoms with Crippen LogP contribution in [0.1, 0.15) is 85.2 Å². The van der Waals surface area contributed by atoms with Gasteiger partial charge in [0.1, 0.15) is 6.61 Å². The maximum atomic E-state index is 14.5. The quantitative estimate of drug-likeness (QED) is 0.242. The zero-order valence-corrected chi connectivity index (χ0v) is 29.6. The van der Waals surface area contributed by atoms with Crippen LogP contribution in [0.4, 0.5) is 5.95 Å². The number of aromatic nitrogens is 4. The van der Waals surface area contributed by atoms with Crippen molar-refractivity contribution in [3.05, 3.63) is 89.0 Å². The highest BCUT2D eigenvalue weighted by Gasteiger charge is 2.30. The van der Waals surface area contributed by atoms with Crippen molar-refractivity contribution in [3.8, 4) is 17.1 Å². The summed E-state index contributed by atoms with van der Waals surface area (Å²) in [6, 6.07) is 13.3. The molecule has 1 atom stereocenters. The van der Waals surface area contributed by atoms with Gasteiger partial charge in [-0.25, -0.2) is 18.1 Å². The Morgan fingerprint density at radius 2 is 1.69 bits per heavy atom. The SMILES string of the molecule is Cc1cccc(C)c1-c1cc2nc(n1)NS(=O)(=O)c1cccc(c1)C(=O)N(Cc1cncc(C3CCOCC3)n1)[C@H](CCC(C)(C)C)CO2. The van der Waals surface area contributed by atoms with Crippen molar-refractivity contribution in [2.75, 3.05) is 24.5 Å². The minimum atomic E-state index is -4.17. The second-order valence-electron chi connectivity index (χ2n) is 14.1. The number of anilines is 1. The Morgan fingerprint density at radius 3 is 2.43 bits per heavy atom. The topological polar surface area (TPSA) is 136 Å². The first kappa shape index (κ1) is 34.4. The Labute approximate surface area is 288 Å². The molecule has 6 rings (SSSR count). The number of amides is 1.